The van der Waals surface area contributed by atoms with Gasteiger partial charge in [-0.2, -0.15) is 0 Å². The van der Waals surface area contributed by atoms with E-state index >= 15 is 0 Å². The molecule has 2 amide bonds. The van der Waals surface area contributed by atoms with Crippen molar-refractivity contribution in [1.82, 2.24) is 19.7 Å². The van der Waals surface area contributed by atoms with Crippen LogP contribution in [0.3, 0.4) is 0 Å². The molecule has 0 spiro atoms. The number of benzene rings is 2. The van der Waals surface area contributed by atoms with Crippen molar-refractivity contribution in [2.45, 2.75) is 6.04 Å². The van der Waals surface area contributed by atoms with Crippen LogP contribution in [0.4, 0.5) is 0 Å². The maximum Gasteiger partial charge on any atom is 0.335 e. The Morgan fingerprint density at radius 1 is 0.853 bits per heavy atom. The van der Waals surface area contributed by atoms with E-state index in [0.717, 1.165) is 24.2 Å². The Kier molecular flexibility index (Phi) is 6.12. The van der Waals surface area contributed by atoms with E-state index in [-0.39, 0.29) is 17.4 Å². The summed E-state index contributed by atoms with van der Waals surface area (Å²) in [6.45, 7) is 4.31. The maximum absolute atomic E-state index is 12.9. The molecule has 0 bridgehead atoms. The van der Waals surface area contributed by atoms with E-state index in [1.54, 1.807) is 36.5 Å². The number of hydrogen-bond donors (Lipinski definition) is 1. The number of hydrogen-bond acceptors (Lipinski definition) is 6. The number of carboxylic acids is 1. The molecular formula is C25H24N4O4S. The molecule has 34 heavy (non-hydrogen) atoms. The molecule has 2 aromatic carbocycles. The first-order valence-corrected chi connectivity index (χ1v) is 12.0. The second kappa shape index (κ2) is 9.36. The van der Waals surface area contributed by atoms with Crippen molar-refractivity contribution >= 4 is 29.1 Å². The van der Waals surface area contributed by atoms with Gasteiger partial charge in [-0.1, -0.05) is 24.3 Å². The molecule has 9 heteroatoms. The number of aromatic nitrogens is 1. The molecule has 0 unspecified atom stereocenters. The molecule has 2 saturated heterocycles. The minimum Gasteiger partial charge on any atom is -0.478 e. The Morgan fingerprint density at radius 2 is 1.59 bits per heavy atom. The van der Waals surface area contributed by atoms with Gasteiger partial charge in [-0.3, -0.25) is 14.5 Å². The molecule has 2 aliphatic rings. The third-order valence-electron chi connectivity index (χ3n) is 6.46. The average Bonchev–Trinajstić information content (AvgIpc) is 3.38. The van der Waals surface area contributed by atoms with E-state index in [9.17, 15) is 19.5 Å². The number of aromatic carboxylic acids is 1. The van der Waals surface area contributed by atoms with E-state index in [4.69, 9.17) is 0 Å². The van der Waals surface area contributed by atoms with Gasteiger partial charge < -0.3 is 14.9 Å². The minimum absolute atomic E-state index is 0.000305. The largest absolute Gasteiger partial charge is 0.478 e. The fourth-order valence-electron chi connectivity index (χ4n) is 4.43. The third kappa shape index (κ3) is 4.44. The lowest BCUT2D eigenvalue weighted by molar-refractivity contribution is 0.00852. The smallest absolute Gasteiger partial charge is 0.335 e. The third-order valence-corrected chi connectivity index (χ3v) is 7.22. The van der Waals surface area contributed by atoms with Crippen LogP contribution in [-0.2, 0) is 0 Å². The van der Waals surface area contributed by atoms with Gasteiger partial charge >= 0.3 is 5.97 Å². The molecule has 0 aliphatic carbocycles. The molecule has 3 aromatic rings. The van der Waals surface area contributed by atoms with Crippen molar-refractivity contribution in [3.63, 3.8) is 0 Å². The molecule has 5 rings (SSSR count). The fourth-order valence-corrected chi connectivity index (χ4v) is 5.03. The molecule has 2 fully saturated rings. The molecule has 0 atom stereocenters. The first-order chi connectivity index (χ1) is 16.5. The first-order valence-electron chi connectivity index (χ1n) is 11.2. The molecule has 8 nitrogen and oxygen atoms in total. The molecule has 0 saturated carbocycles. The second-order valence-electron chi connectivity index (χ2n) is 8.49. The lowest BCUT2D eigenvalue weighted by Gasteiger charge is -2.48. The monoisotopic (exact) mass is 476 g/mol. The summed E-state index contributed by atoms with van der Waals surface area (Å²) in [5.74, 6) is -0.966. The number of likely N-dealkylation sites (tertiary alicyclic amines) is 1. The second-order valence-corrected chi connectivity index (χ2v) is 9.39. The molecule has 1 N–H and O–H groups in total. The maximum atomic E-state index is 12.9. The quantitative estimate of drug-likeness (QED) is 0.609. The van der Waals surface area contributed by atoms with Crippen LogP contribution in [0.2, 0.25) is 0 Å². The minimum atomic E-state index is -0.964. The molecule has 174 valence electrons. The van der Waals surface area contributed by atoms with E-state index < -0.39 is 5.97 Å². The Hall–Kier alpha value is -3.56. The van der Waals surface area contributed by atoms with E-state index in [1.807, 2.05) is 33.4 Å². The summed E-state index contributed by atoms with van der Waals surface area (Å²) >= 11 is 1.37. The summed E-state index contributed by atoms with van der Waals surface area (Å²) in [6, 6.07) is 14.4. The highest BCUT2D eigenvalue weighted by Gasteiger charge is 2.37. The van der Waals surface area contributed by atoms with Crippen LogP contribution in [0.25, 0.3) is 11.1 Å². The SMILES string of the molecule is O=C(O)c1cccc(-c2ccc(C(=O)N3CC(N4CCN(C(=O)c5nccs5)CC4)C3)cc2)c1. The average molecular weight is 477 g/mol. The van der Waals surface area contributed by atoms with Crippen molar-refractivity contribution in [2.75, 3.05) is 39.3 Å². The standard InChI is InChI=1S/C25H24N4O4S/c30-23(18-6-4-17(5-7-18)19-2-1-3-20(14-19)25(32)33)29-15-21(16-29)27-9-11-28(12-10-27)24(31)22-26-8-13-34-22/h1-8,13-14,21H,9-12,15-16H2,(H,32,33). The topological polar surface area (TPSA) is 94.0 Å². The van der Waals surface area contributed by atoms with Crippen LogP contribution < -0.4 is 0 Å². The van der Waals surface area contributed by atoms with Gasteiger partial charge in [-0.25, -0.2) is 9.78 Å². The molecule has 3 heterocycles. The van der Waals surface area contributed by atoms with Crippen molar-refractivity contribution in [1.29, 1.82) is 0 Å². The fraction of sp³-hybridized carbons (Fsp3) is 0.280. The number of carbonyl (C=O) groups excluding carboxylic acids is 2. The van der Waals surface area contributed by atoms with E-state index in [1.165, 1.54) is 11.3 Å². The lowest BCUT2D eigenvalue weighted by Crippen LogP contribution is -2.64. The van der Waals surface area contributed by atoms with Gasteiger partial charge in [-0.05, 0) is 35.4 Å². The summed E-state index contributed by atoms with van der Waals surface area (Å²) in [5.41, 5.74) is 2.52. The highest BCUT2D eigenvalue weighted by atomic mass is 32.1. The number of carbonyl (C=O) groups is 3. The predicted octanol–water partition coefficient (Wildman–Crippen LogP) is 2.79. The van der Waals surface area contributed by atoms with Gasteiger partial charge in [0.05, 0.1) is 5.56 Å². The van der Waals surface area contributed by atoms with E-state index in [0.29, 0.717) is 42.8 Å². The predicted molar refractivity (Wildman–Crippen MR) is 128 cm³/mol. The zero-order valence-electron chi connectivity index (χ0n) is 18.5. The molecular weight excluding hydrogens is 452 g/mol. The van der Waals surface area contributed by atoms with Crippen molar-refractivity contribution in [2.24, 2.45) is 0 Å². The summed E-state index contributed by atoms with van der Waals surface area (Å²) in [5, 5.41) is 11.5. The summed E-state index contributed by atoms with van der Waals surface area (Å²) < 4.78 is 0. The highest BCUT2D eigenvalue weighted by molar-refractivity contribution is 7.11. The number of thiazole rings is 1. The summed E-state index contributed by atoms with van der Waals surface area (Å²) in [6.07, 6.45) is 1.65. The van der Waals surface area contributed by atoms with Crippen molar-refractivity contribution in [3.8, 4) is 11.1 Å². The van der Waals surface area contributed by atoms with Crippen LogP contribution in [0.15, 0.2) is 60.1 Å². The number of carboxylic acid groups (broad SMARTS) is 1. The van der Waals surface area contributed by atoms with Gasteiger partial charge in [-0.15, -0.1) is 11.3 Å². The molecule has 1 aromatic heterocycles. The number of amides is 2. The van der Waals surface area contributed by atoms with Crippen molar-refractivity contribution < 1.29 is 19.5 Å². The lowest BCUT2D eigenvalue weighted by atomic mass is 10.00. The van der Waals surface area contributed by atoms with Crippen LogP contribution in [0.1, 0.15) is 30.5 Å². The summed E-state index contributed by atoms with van der Waals surface area (Å²) in [4.78, 5) is 46.7. The summed E-state index contributed by atoms with van der Waals surface area (Å²) in [7, 11) is 0. The molecule has 0 radical (unpaired) electrons. The van der Waals surface area contributed by atoms with Crippen LogP contribution in [0.5, 0.6) is 0 Å². The number of nitrogens with zero attached hydrogens (tertiary/aromatic N) is 4. The Labute approximate surface area is 201 Å². The zero-order valence-corrected chi connectivity index (χ0v) is 19.3. The van der Waals surface area contributed by atoms with Crippen molar-refractivity contribution in [3.05, 3.63) is 76.2 Å². The highest BCUT2D eigenvalue weighted by Crippen LogP contribution is 2.24. The Balaban J connectivity index is 1.13. The molecule has 2 aliphatic heterocycles. The Morgan fingerprint density at radius 3 is 2.24 bits per heavy atom. The van der Waals surface area contributed by atoms with Gasteiger partial charge in [0.25, 0.3) is 11.8 Å². The van der Waals surface area contributed by atoms with E-state index in [2.05, 4.69) is 9.88 Å². The van der Waals surface area contributed by atoms with Gasteiger partial charge in [0, 0.05) is 62.5 Å². The number of rotatable bonds is 5. The van der Waals surface area contributed by atoms with Gasteiger partial charge in [0.1, 0.15) is 0 Å². The Bertz CT molecular complexity index is 1200. The number of piperazine rings is 1. The van der Waals surface area contributed by atoms with Crippen LogP contribution >= 0.6 is 11.3 Å². The zero-order chi connectivity index (χ0) is 23.7. The normalized spacial score (nSPS) is 16.8. The van der Waals surface area contributed by atoms with Crippen LogP contribution in [-0.4, -0.2) is 87.9 Å². The van der Waals surface area contributed by atoms with Gasteiger partial charge in [0.15, 0.2) is 5.01 Å². The first kappa shape index (κ1) is 22.2. The van der Waals surface area contributed by atoms with Crippen LogP contribution in [0, 0.1) is 0 Å². The van der Waals surface area contributed by atoms with Gasteiger partial charge in [0.2, 0.25) is 0 Å².